The van der Waals surface area contributed by atoms with E-state index in [1.54, 1.807) is 25.3 Å². The summed E-state index contributed by atoms with van der Waals surface area (Å²) in [5.74, 6) is 1.46. The molecule has 1 aromatic heterocycles. The summed E-state index contributed by atoms with van der Waals surface area (Å²) >= 11 is 0. The van der Waals surface area contributed by atoms with Gasteiger partial charge in [0.15, 0.2) is 0 Å². The Labute approximate surface area is 205 Å². The maximum atomic E-state index is 13.8. The number of hydrogen-bond acceptors (Lipinski definition) is 7. The van der Waals surface area contributed by atoms with Crippen LogP contribution in [0.5, 0.6) is 11.5 Å². The van der Waals surface area contributed by atoms with Gasteiger partial charge >= 0.3 is 0 Å². The zero-order chi connectivity index (χ0) is 24.8. The van der Waals surface area contributed by atoms with Crippen LogP contribution in [-0.4, -0.2) is 46.6 Å². The molecule has 0 fully saturated rings. The molecule has 0 aliphatic rings. The van der Waals surface area contributed by atoms with Gasteiger partial charge in [0.25, 0.3) is 0 Å². The van der Waals surface area contributed by atoms with Crippen molar-refractivity contribution < 1.29 is 17.9 Å². The third-order valence-corrected chi connectivity index (χ3v) is 7.30. The van der Waals surface area contributed by atoms with Gasteiger partial charge in [-0.3, -0.25) is 0 Å². The smallest absolute Gasteiger partial charge is 0.243 e. The third-order valence-electron chi connectivity index (χ3n) is 5.51. The molecule has 3 aromatic carbocycles. The molecule has 0 radical (unpaired) electrons. The minimum atomic E-state index is -3.83. The lowest BCUT2D eigenvalue weighted by atomic mass is 10.2. The number of ether oxygens (including phenoxy) is 2. The molecule has 4 rings (SSSR count). The van der Waals surface area contributed by atoms with E-state index in [0.717, 1.165) is 22.4 Å². The average molecular weight is 494 g/mol. The summed E-state index contributed by atoms with van der Waals surface area (Å²) in [6.07, 6.45) is 1.47. The van der Waals surface area contributed by atoms with Crippen LogP contribution in [0.25, 0.3) is 5.69 Å². The van der Waals surface area contributed by atoms with Crippen LogP contribution in [0.1, 0.15) is 23.6 Å². The van der Waals surface area contributed by atoms with E-state index >= 15 is 0 Å². The van der Waals surface area contributed by atoms with Crippen LogP contribution in [0.2, 0.25) is 0 Å². The van der Waals surface area contributed by atoms with E-state index in [2.05, 4.69) is 15.5 Å². The van der Waals surface area contributed by atoms with Gasteiger partial charge in [-0.1, -0.05) is 24.3 Å². The van der Waals surface area contributed by atoms with Gasteiger partial charge < -0.3 is 9.47 Å². The first-order valence-electron chi connectivity index (χ1n) is 11.1. The van der Waals surface area contributed by atoms with Gasteiger partial charge in [-0.2, -0.15) is 4.31 Å². The van der Waals surface area contributed by atoms with Crippen LogP contribution in [0.3, 0.4) is 0 Å². The van der Waals surface area contributed by atoms with Gasteiger partial charge in [0.2, 0.25) is 10.0 Å². The van der Waals surface area contributed by atoms with Gasteiger partial charge in [0, 0.05) is 13.1 Å². The van der Waals surface area contributed by atoms with Gasteiger partial charge in [-0.15, -0.1) is 5.10 Å². The van der Waals surface area contributed by atoms with E-state index in [1.807, 2.05) is 62.4 Å². The number of rotatable bonds is 10. The molecule has 4 aromatic rings. The van der Waals surface area contributed by atoms with Gasteiger partial charge in [-0.05, 0) is 83.4 Å². The summed E-state index contributed by atoms with van der Waals surface area (Å²) in [7, 11) is -2.24. The highest BCUT2D eigenvalue weighted by molar-refractivity contribution is 7.89. The average Bonchev–Trinajstić information content (AvgIpc) is 3.40. The lowest BCUT2D eigenvalue weighted by Crippen LogP contribution is -2.30. The van der Waals surface area contributed by atoms with E-state index in [9.17, 15) is 8.42 Å². The maximum Gasteiger partial charge on any atom is 0.243 e. The molecule has 182 valence electrons. The minimum absolute atomic E-state index is 0.200. The second-order valence-corrected chi connectivity index (χ2v) is 9.84. The highest BCUT2D eigenvalue weighted by Crippen LogP contribution is 2.25. The predicted octanol–water partition coefficient (Wildman–Crippen LogP) is 3.77. The van der Waals surface area contributed by atoms with Crippen molar-refractivity contribution in [2.24, 2.45) is 0 Å². The standard InChI is InChI=1S/C25H27N5O4S/c1-4-34-23-11-7-21(8-12-23)17-29(16-20-5-9-22(33-3)10-6-20)35(31,32)24-13-14-25(19(2)15-24)30-18-26-27-28-30/h5-15,18H,4,16-17H2,1-3H3. The van der Waals surface area contributed by atoms with Gasteiger partial charge in [-0.25, -0.2) is 13.1 Å². The molecule has 0 aliphatic carbocycles. The second-order valence-electron chi connectivity index (χ2n) is 7.90. The Morgan fingerprint density at radius 2 is 1.54 bits per heavy atom. The summed E-state index contributed by atoms with van der Waals surface area (Å²) < 4.78 is 41.3. The van der Waals surface area contributed by atoms with Crippen LogP contribution in [-0.2, 0) is 23.1 Å². The first kappa shape index (κ1) is 24.4. The molecule has 0 unspecified atom stereocenters. The summed E-state index contributed by atoms with van der Waals surface area (Å²) in [6, 6.07) is 19.8. The highest BCUT2D eigenvalue weighted by atomic mass is 32.2. The van der Waals surface area contributed by atoms with Gasteiger partial charge in [0.1, 0.15) is 17.8 Å². The third kappa shape index (κ3) is 5.67. The van der Waals surface area contributed by atoms with Crippen molar-refractivity contribution in [3.05, 3.63) is 89.7 Å². The Bertz CT molecular complexity index is 1360. The fraction of sp³-hybridized carbons (Fsp3) is 0.240. The number of benzene rings is 3. The van der Waals surface area contributed by atoms with Crippen molar-refractivity contribution in [3.63, 3.8) is 0 Å². The van der Waals surface area contributed by atoms with Crippen molar-refractivity contribution in [2.75, 3.05) is 13.7 Å². The van der Waals surface area contributed by atoms with Crippen LogP contribution in [0.4, 0.5) is 0 Å². The molecule has 35 heavy (non-hydrogen) atoms. The topological polar surface area (TPSA) is 99.4 Å². The van der Waals surface area contributed by atoms with Crippen LogP contribution >= 0.6 is 0 Å². The summed E-state index contributed by atoms with van der Waals surface area (Å²) in [5, 5.41) is 11.2. The molecule has 0 aliphatic heterocycles. The summed E-state index contributed by atoms with van der Waals surface area (Å²) in [6.45, 7) is 4.72. The molecular weight excluding hydrogens is 466 g/mol. The minimum Gasteiger partial charge on any atom is -0.497 e. The molecule has 0 atom stereocenters. The van der Waals surface area contributed by atoms with Crippen LogP contribution < -0.4 is 9.47 Å². The van der Waals surface area contributed by atoms with Gasteiger partial charge in [0.05, 0.1) is 24.3 Å². The van der Waals surface area contributed by atoms with Crippen LogP contribution in [0.15, 0.2) is 78.0 Å². The SMILES string of the molecule is CCOc1ccc(CN(Cc2ccc(OC)cc2)S(=O)(=O)c2ccc(-n3cnnn3)c(C)c2)cc1. The predicted molar refractivity (Wildman–Crippen MR) is 131 cm³/mol. The zero-order valence-corrected chi connectivity index (χ0v) is 20.6. The number of methoxy groups -OCH3 is 1. The summed E-state index contributed by atoms with van der Waals surface area (Å²) in [5.41, 5.74) is 3.15. The molecule has 1 heterocycles. The normalized spacial score (nSPS) is 11.5. The second kappa shape index (κ2) is 10.7. The van der Waals surface area contributed by atoms with Crippen molar-refractivity contribution >= 4 is 10.0 Å². The molecule has 0 saturated carbocycles. The number of sulfonamides is 1. The van der Waals surface area contributed by atoms with Crippen molar-refractivity contribution in [1.29, 1.82) is 0 Å². The Hall–Kier alpha value is -3.76. The van der Waals surface area contributed by atoms with E-state index in [-0.39, 0.29) is 18.0 Å². The monoisotopic (exact) mass is 493 g/mol. The first-order chi connectivity index (χ1) is 16.9. The highest BCUT2D eigenvalue weighted by Gasteiger charge is 2.26. The molecule has 0 bridgehead atoms. The Morgan fingerprint density at radius 3 is 2.06 bits per heavy atom. The van der Waals surface area contributed by atoms with E-state index in [0.29, 0.717) is 18.0 Å². The van der Waals surface area contributed by atoms with E-state index in [4.69, 9.17) is 9.47 Å². The Kier molecular flexibility index (Phi) is 7.42. The van der Waals surface area contributed by atoms with Crippen molar-refractivity contribution in [2.45, 2.75) is 31.8 Å². The lowest BCUT2D eigenvalue weighted by Gasteiger charge is -2.23. The fourth-order valence-electron chi connectivity index (χ4n) is 3.69. The number of aromatic nitrogens is 4. The largest absolute Gasteiger partial charge is 0.497 e. The fourth-order valence-corrected chi connectivity index (χ4v) is 5.19. The maximum absolute atomic E-state index is 13.8. The number of nitrogens with zero attached hydrogens (tertiary/aromatic N) is 5. The quantitative estimate of drug-likeness (QED) is 0.332. The number of tetrazole rings is 1. The molecule has 10 heteroatoms. The summed E-state index contributed by atoms with van der Waals surface area (Å²) in [4.78, 5) is 0.200. The molecule has 0 N–H and O–H groups in total. The first-order valence-corrected chi connectivity index (χ1v) is 12.5. The molecular formula is C25H27N5O4S. The molecule has 0 amide bonds. The lowest BCUT2D eigenvalue weighted by molar-refractivity contribution is 0.340. The molecule has 9 nitrogen and oxygen atoms in total. The van der Waals surface area contributed by atoms with Crippen molar-refractivity contribution in [3.8, 4) is 17.2 Å². The van der Waals surface area contributed by atoms with Crippen LogP contribution in [0, 0.1) is 6.92 Å². The van der Waals surface area contributed by atoms with E-state index in [1.165, 1.54) is 15.3 Å². The Morgan fingerprint density at radius 1 is 0.914 bits per heavy atom. The van der Waals surface area contributed by atoms with Crippen molar-refractivity contribution in [1.82, 2.24) is 24.5 Å². The Balaban J connectivity index is 1.67. The zero-order valence-electron chi connectivity index (χ0n) is 19.8. The van der Waals surface area contributed by atoms with E-state index < -0.39 is 10.0 Å². The number of hydrogen-bond donors (Lipinski definition) is 0. The molecule has 0 saturated heterocycles. The number of aryl methyl sites for hydroxylation is 1. The molecule has 0 spiro atoms.